The molecule has 0 saturated carbocycles. The van der Waals surface area contributed by atoms with Crippen LogP contribution >= 0.6 is 0 Å². The molecule has 1 heterocycles. The molecule has 0 aliphatic rings. The Morgan fingerprint density at radius 3 is 2.21 bits per heavy atom. The molecule has 1 aromatic heterocycles. The van der Waals surface area contributed by atoms with Crippen LogP contribution < -0.4 is 19.9 Å². The summed E-state index contributed by atoms with van der Waals surface area (Å²) in [6, 6.07) is 13.3. The zero-order chi connectivity index (χ0) is 17.1. The summed E-state index contributed by atoms with van der Waals surface area (Å²) in [5, 5.41) is 4.41. The SMILES string of the molecule is COc1cc(-c2ccnn2-c2cccc(N)c2)cc(OC)c1OC. The molecule has 0 aliphatic heterocycles. The maximum atomic E-state index is 5.88. The third kappa shape index (κ3) is 2.74. The number of aromatic nitrogens is 2. The minimum Gasteiger partial charge on any atom is -0.493 e. The number of anilines is 1. The van der Waals surface area contributed by atoms with Crippen LogP contribution in [0.2, 0.25) is 0 Å². The second kappa shape index (κ2) is 6.54. The highest BCUT2D eigenvalue weighted by atomic mass is 16.5. The lowest BCUT2D eigenvalue weighted by Crippen LogP contribution is -2.01. The van der Waals surface area contributed by atoms with Crippen molar-refractivity contribution in [2.75, 3.05) is 27.1 Å². The molecule has 6 heteroatoms. The molecule has 24 heavy (non-hydrogen) atoms. The Balaban J connectivity index is 2.16. The zero-order valence-electron chi connectivity index (χ0n) is 13.8. The van der Waals surface area contributed by atoms with E-state index in [-0.39, 0.29) is 0 Å². The van der Waals surface area contributed by atoms with Crippen LogP contribution in [0.25, 0.3) is 16.9 Å². The van der Waals surface area contributed by atoms with E-state index in [0.717, 1.165) is 16.9 Å². The average molecular weight is 325 g/mol. The molecule has 0 fully saturated rings. The first-order valence-corrected chi connectivity index (χ1v) is 7.38. The molecule has 6 nitrogen and oxygen atoms in total. The standard InChI is InChI=1S/C18H19N3O3/c1-22-16-9-12(10-17(23-2)18(16)24-3)15-7-8-20-21(15)14-6-4-5-13(19)11-14/h4-11H,19H2,1-3H3. The number of hydrogen-bond acceptors (Lipinski definition) is 5. The summed E-state index contributed by atoms with van der Waals surface area (Å²) in [6.07, 6.45) is 1.74. The van der Waals surface area contributed by atoms with Crippen LogP contribution in [-0.2, 0) is 0 Å². The highest BCUT2D eigenvalue weighted by molar-refractivity contribution is 5.70. The molecule has 0 bridgehead atoms. The molecular formula is C18H19N3O3. The molecule has 0 radical (unpaired) electrons. The lowest BCUT2D eigenvalue weighted by molar-refractivity contribution is 0.324. The van der Waals surface area contributed by atoms with Gasteiger partial charge in [0.25, 0.3) is 0 Å². The van der Waals surface area contributed by atoms with Gasteiger partial charge in [-0.2, -0.15) is 5.10 Å². The number of rotatable bonds is 5. The van der Waals surface area contributed by atoms with Gasteiger partial charge in [-0.15, -0.1) is 0 Å². The van der Waals surface area contributed by atoms with Crippen LogP contribution in [0.15, 0.2) is 48.7 Å². The van der Waals surface area contributed by atoms with Gasteiger partial charge in [0.1, 0.15) is 0 Å². The van der Waals surface area contributed by atoms with Crippen molar-refractivity contribution in [2.45, 2.75) is 0 Å². The third-order valence-corrected chi connectivity index (χ3v) is 3.72. The summed E-state index contributed by atoms with van der Waals surface area (Å²) < 4.78 is 18.0. The highest BCUT2D eigenvalue weighted by Gasteiger charge is 2.16. The predicted octanol–water partition coefficient (Wildman–Crippen LogP) is 3.15. The van der Waals surface area contributed by atoms with Gasteiger partial charge in [-0.25, -0.2) is 4.68 Å². The molecule has 0 aliphatic carbocycles. The van der Waals surface area contributed by atoms with Gasteiger partial charge < -0.3 is 19.9 Å². The number of nitrogen functional groups attached to an aromatic ring is 1. The van der Waals surface area contributed by atoms with Gasteiger partial charge in [0.2, 0.25) is 5.75 Å². The van der Waals surface area contributed by atoms with Gasteiger partial charge in [-0.05, 0) is 36.4 Å². The van der Waals surface area contributed by atoms with Gasteiger partial charge >= 0.3 is 0 Å². The van der Waals surface area contributed by atoms with Crippen LogP contribution in [0.3, 0.4) is 0 Å². The molecule has 0 saturated heterocycles. The zero-order valence-corrected chi connectivity index (χ0v) is 13.8. The van der Waals surface area contributed by atoms with Gasteiger partial charge in [0.15, 0.2) is 11.5 Å². The van der Waals surface area contributed by atoms with Crippen LogP contribution in [0.4, 0.5) is 5.69 Å². The van der Waals surface area contributed by atoms with E-state index in [1.807, 2.05) is 47.1 Å². The van der Waals surface area contributed by atoms with Crippen molar-refractivity contribution < 1.29 is 14.2 Å². The number of nitrogens with two attached hydrogens (primary N) is 1. The van der Waals surface area contributed by atoms with Crippen LogP contribution in [0.5, 0.6) is 17.2 Å². The third-order valence-electron chi connectivity index (χ3n) is 3.72. The van der Waals surface area contributed by atoms with E-state index in [0.29, 0.717) is 22.9 Å². The van der Waals surface area contributed by atoms with Gasteiger partial charge in [0.05, 0.1) is 38.9 Å². The fourth-order valence-electron chi connectivity index (χ4n) is 2.61. The number of benzene rings is 2. The number of ether oxygens (including phenoxy) is 3. The quantitative estimate of drug-likeness (QED) is 0.730. The Kier molecular flexibility index (Phi) is 4.29. The fraction of sp³-hybridized carbons (Fsp3) is 0.167. The lowest BCUT2D eigenvalue weighted by Gasteiger charge is -2.15. The van der Waals surface area contributed by atoms with Crippen LogP contribution in [-0.4, -0.2) is 31.1 Å². The lowest BCUT2D eigenvalue weighted by atomic mass is 10.1. The topological polar surface area (TPSA) is 71.5 Å². The highest BCUT2D eigenvalue weighted by Crippen LogP contribution is 2.41. The van der Waals surface area contributed by atoms with Crippen LogP contribution in [0.1, 0.15) is 0 Å². The van der Waals surface area contributed by atoms with E-state index in [9.17, 15) is 0 Å². The van der Waals surface area contributed by atoms with Crippen molar-refractivity contribution >= 4 is 5.69 Å². The number of hydrogen-bond donors (Lipinski definition) is 1. The second-order valence-corrected chi connectivity index (χ2v) is 5.14. The Bertz CT molecular complexity index is 833. The van der Waals surface area contributed by atoms with Gasteiger partial charge in [0, 0.05) is 11.3 Å². The van der Waals surface area contributed by atoms with Gasteiger partial charge in [-0.3, -0.25) is 0 Å². The predicted molar refractivity (Wildman–Crippen MR) is 93.1 cm³/mol. The Labute approximate surface area is 140 Å². The summed E-state index contributed by atoms with van der Waals surface area (Å²) in [5.74, 6) is 1.73. The molecule has 0 amide bonds. The molecule has 3 aromatic rings. The van der Waals surface area contributed by atoms with E-state index in [4.69, 9.17) is 19.9 Å². The first-order chi connectivity index (χ1) is 11.7. The van der Waals surface area contributed by atoms with E-state index in [2.05, 4.69) is 5.10 Å². The largest absolute Gasteiger partial charge is 0.493 e. The second-order valence-electron chi connectivity index (χ2n) is 5.14. The monoisotopic (exact) mass is 325 g/mol. The van der Waals surface area contributed by atoms with Crippen molar-refractivity contribution in [2.24, 2.45) is 0 Å². The summed E-state index contributed by atoms with van der Waals surface area (Å²) in [7, 11) is 4.77. The minimum absolute atomic E-state index is 0.554. The molecule has 0 atom stereocenters. The Morgan fingerprint density at radius 1 is 0.917 bits per heavy atom. The molecule has 3 rings (SSSR count). The molecule has 2 N–H and O–H groups in total. The summed E-state index contributed by atoms with van der Waals surface area (Å²) in [4.78, 5) is 0. The van der Waals surface area contributed by atoms with Gasteiger partial charge in [-0.1, -0.05) is 6.07 Å². The first-order valence-electron chi connectivity index (χ1n) is 7.38. The van der Waals surface area contributed by atoms with Crippen LogP contribution in [0, 0.1) is 0 Å². The number of nitrogens with zero attached hydrogens (tertiary/aromatic N) is 2. The Morgan fingerprint density at radius 2 is 1.62 bits per heavy atom. The first kappa shape index (κ1) is 15.7. The van der Waals surface area contributed by atoms with Crippen molar-refractivity contribution in [3.8, 4) is 34.2 Å². The Hall–Kier alpha value is -3.15. The fourth-order valence-corrected chi connectivity index (χ4v) is 2.61. The van der Waals surface area contributed by atoms with E-state index < -0.39 is 0 Å². The minimum atomic E-state index is 0.554. The van der Waals surface area contributed by atoms with E-state index in [1.54, 1.807) is 27.5 Å². The molecular weight excluding hydrogens is 306 g/mol. The molecule has 2 aromatic carbocycles. The molecule has 124 valence electrons. The van der Waals surface area contributed by atoms with E-state index >= 15 is 0 Å². The van der Waals surface area contributed by atoms with Crippen molar-refractivity contribution in [3.05, 3.63) is 48.7 Å². The average Bonchev–Trinajstić information content (AvgIpc) is 3.10. The summed E-state index contributed by atoms with van der Waals surface area (Å²) in [6.45, 7) is 0. The van der Waals surface area contributed by atoms with Crippen molar-refractivity contribution in [3.63, 3.8) is 0 Å². The number of methoxy groups -OCH3 is 3. The molecule has 0 unspecified atom stereocenters. The normalized spacial score (nSPS) is 10.5. The maximum Gasteiger partial charge on any atom is 0.203 e. The molecule has 0 spiro atoms. The van der Waals surface area contributed by atoms with E-state index in [1.165, 1.54) is 0 Å². The van der Waals surface area contributed by atoms with Crippen molar-refractivity contribution in [1.29, 1.82) is 0 Å². The smallest absolute Gasteiger partial charge is 0.203 e. The summed E-state index contributed by atoms with van der Waals surface area (Å²) >= 11 is 0. The maximum absolute atomic E-state index is 5.88. The summed E-state index contributed by atoms with van der Waals surface area (Å²) in [5.41, 5.74) is 9.22. The van der Waals surface area contributed by atoms with Crippen molar-refractivity contribution in [1.82, 2.24) is 9.78 Å².